The van der Waals surface area contributed by atoms with E-state index in [0.29, 0.717) is 5.15 Å². The van der Waals surface area contributed by atoms with Gasteiger partial charge in [-0.25, -0.2) is 4.98 Å². The topological polar surface area (TPSA) is 25.8 Å². The molecular weight excluding hydrogens is 196 g/mol. The van der Waals surface area contributed by atoms with Gasteiger partial charge in [-0.1, -0.05) is 23.7 Å². The fourth-order valence-corrected chi connectivity index (χ4v) is 1.33. The summed E-state index contributed by atoms with van der Waals surface area (Å²) in [6.07, 6.45) is 1.82. The van der Waals surface area contributed by atoms with Crippen molar-refractivity contribution in [1.82, 2.24) is 9.97 Å². The van der Waals surface area contributed by atoms with Gasteiger partial charge in [-0.2, -0.15) is 0 Å². The predicted molar refractivity (Wildman–Crippen MR) is 57.2 cm³/mol. The summed E-state index contributed by atoms with van der Waals surface area (Å²) in [6, 6.07) is 9.45. The number of hydrogen-bond acceptors (Lipinski definition) is 2. The van der Waals surface area contributed by atoms with Gasteiger partial charge in [0.15, 0.2) is 0 Å². The average molecular weight is 205 g/mol. The Balaban J connectivity index is 2.44. The van der Waals surface area contributed by atoms with Gasteiger partial charge in [-0.3, -0.25) is 4.98 Å². The van der Waals surface area contributed by atoms with Crippen molar-refractivity contribution < 1.29 is 0 Å². The smallest absolute Gasteiger partial charge is 0.129 e. The molecule has 0 aliphatic rings. The van der Waals surface area contributed by atoms with E-state index in [1.54, 1.807) is 6.07 Å². The van der Waals surface area contributed by atoms with E-state index in [1.165, 1.54) is 0 Å². The van der Waals surface area contributed by atoms with Crippen LogP contribution >= 0.6 is 11.6 Å². The van der Waals surface area contributed by atoms with E-state index >= 15 is 0 Å². The van der Waals surface area contributed by atoms with E-state index in [1.807, 2.05) is 37.4 Å². The van der Waals surface area contributed by atoms with Crippen LogP contribution in [0.1, 0.15) is 5.56 Å². The first-order chi connectivity index (χ1) is 6.75. The van der Waals surface area contributed by atoms with E-state index < -0.39 is 0 Å². The minimum Gasteiger partial charge on any atom is -0.254 e. The molecule has 0 saturated heterocycles. The Bertz CT molecular complexity index is 437. The van der Waals surface area contributed by atoms with E-state index in [-0.39, 0.29) is 0 Å². The van der Waals surface area contributed by atoms with Crippen LogP contribution in [-0.2, 0) is 0 Å². The van der Waals surface area contributed by atoms with Gasteiger partial charge in [-0.15, -0.1) is 0 Å². The first kappa shape index (κ1) is 9.16. The third-order valence-corrected chi connectivity index (χ3v) is 2.10. The van der Waals surface area contributed by atoms with Crippen LogP contribution in [0.4, 0.5) is 0 Å². The van der Waals surface area contributed by atoms with Crippen molar-refractivity contribution in [3.8, 4) is 11.4 Å². The zero-order chi connectivity index (χ0) is 9.97. The van der Waals surface area contributed by atoms with Crippen LogP contribution in [-0.4, -0.2) is 9.97 Å². The van der Waals surface area contributed by atoms with Crippen LogP contribution in [0.2, 0.25) is 5.15 Å². The highest BCUT2D eigenvalue weighted by atomic mass is 35.5. The molecule has 0 unspecified atom stereocenters. The largest absolute Gasteiger partial charge is 0.254 e. The van der Waals surface area contributed by atoms with Crippen LogP contribution in [0, 0.1) is 6.92 Å². The Morgan fingerprint density at radius 3 is 2.57 bits per heavy atom. The van der Waals surface area contributed by atoms with Crippen LogP contribution in [0.15, 0.2) is 36.5 Å². The monoisotopic (exact) mass is 204 g/mol. The number of aromatic nitrogens is 2. The van der Waals surface area contributed by atoms with Crippen molar-refractivity contribution in [3.63, 3.8) is 0 Å². The van der Waals surface area contributed by atoms with E-state index in [0.717, 1.165) is 17.0 Å². The van der Waals surface area contributed by atoms with Gasteiger partial charge in [0.05, 0.1) is 11.4 Å². The summed E-state index contributed by atoms with van der Waals surface area (Å²) >= 11 is 5.79. The van der Waals surface area contributed by atoms with Gasteiger partial charge in [0.1, 0.15) is 5.15 Å². The molecule has 0 fully saturated rings. The first-order valence-electron chi connectivity index (χ1n) is 4.31. The average Bonchev–Trinajstić information content (AvgIpc) is 2.19. The number of aryl methyl sites for hydroxylation is 1. The molecule has 0 radical (unpaired) electrons. The van der Waals surface area contributed by atoms with Gasteiger partial charge < -0.3 is 0 Å². The third-order valence-electron chi connectivity index (χ3n) is 1.89. The number of halogens is 1. The molecule has 0 atom stereocenters. The lowest BCUT2D eigenvalue weighted by atomic mass is 10.2. The fourth-order valence-electron chi connectivity index (χ4n) is 1.17. The summed E-state index contributed by atoms with van der Waals surface area (Å²) in [5.74, 6) is 0. The Hall–Kier alpha value is -1.41. The summed E-state index contributed by atoms with van der Waals surface area (Å²) in [7, 11) is 0. The van der Waals surface area contributed by atoms with E-state index in [9.17, 15) is 0 Å². The molecule has 0 aliphatic heterocycles. The molecular formula is C11H9ClN2. The fraction of sp³-hybridized carbons (Fsp3) is 0.0909. The lowest BCUT2D eigenvalue weighted by molar-refractivity contribution is 1.22. The number of pyridine rings is 2. The molecule has 70 valence electrons. The maximum absolute atomic E-state index is 5.79. The maximum Gasteiger partial charge on any atom is 0.129 e. The number of hydrogen-bond donors (Lipinski definition) is 0. The second kappa shape index (κ2) is 3.76. The summed E-state index contributed by atoms with van der Waals surface area (Å²) in [6.45, 7) is 2.00. The molecule has 2 heterocycles. The lowest BCUT2D eigenvalue weighted by Crippen LogP contribution is -1.87. The van der Waals surface area contributed by atoms with Crippen molar-refractivity contribution in [2.24, 2.45) is 0 Å². The molecule has 2 aromatic heterocycles. The molecule has 0 N–H and O–H groups in total. The Morgan fingerprint density at radius 2 is 1.93 bits per heavy atom. The molecule has 0 saturated carbocycles. The molecule has 0 amide bonds. The van der Waals surface area contributed by atoms with Crippen LogP contribution in [0.5, 0.6) is 0 Å². The highest BCUT2D eigenvalue weighted by Crippen LogP contribution is 2.16. The van der Waals surface area contributed by atoms with Gasteiger partial charge in [0.2, 0.25) is 0 Å². The summed E-state index contributed by atoms with van der Waals surface area (Å²) in [5.41, 5.74) is 2.78. The zero-order valence-corrected chi connectivity index (χ0v) is 8.49. The molecule has 0 bridgehead atoms. The maximum atomic E-state index is 5.79. The summed E-state index contributed by atoms with van der Waals surface area (Å²) < 4.78 is 0. The summed E-state index contributed by atoms with van der Waals surface area (Å²) in [5, 5.41) is 0.491. The van der Waals surface area contributed by atoms with Gasteiger partial charge >= 0.3 is 0 Å². The molecule has 0 aromatic carbocycles. The van der Waals surface area contributed by atoms with E-state index in [2.05, 4.69) is 9.97 Å². The van der Waals surface area contributed by atoms with Crippen LogP contribution < -0.4 is 0 Å². The third kappa shape index (κ3) is 1.91. The Labute approximate surface area is 87.6 Å². The number of nitrogens with zero attached hydrogens (tertiary/aromatic N) is 2. The van der Waals surface area contributed by atoms with Crippen molar-refractivity contribution in [1.29, 1.82) is 0 Å². The minimum atomic E-state index is 0.491. The molecule has 2 nitrogen and oxygen atoms in total. The highest BCUT2D eigenvalue weighted by molar-refractivity contribution is 6.29. The normalized spacial score (nSPS) is 10.1. The number of rotatable bonds is 1. The van der Waals surface area contributed by atoms with Crippen LogP contribution in [0.3, 0.4) is 0 Å². The molecule has 2 rings (SSSR count). The zero-order valence-electron chi connectivity index (χ0n) is 7.74. The predicted octanol–water partition coefficient (Wildman–Crippen LogP) is 3.11. The van der Waals surface area contributed by atoms with Crippen molar-refractivity contribution in [2.45, 2.75) is 6.92 Å². The standard InChI is InChI=1S/C11H9ClN2/c1-8-5-6-9(13-7-8)10-3-2-4-11(12)14-10/h2-7H,1H3. The van der Waals surface area contributed by atoms with Gasteiger partial charge in [0, 0.05) is 6.20 Å². The van der Waals surface area contributed by atoms with Crippen molar-refractivity contribution in [2.75, 3.05) is 0 Å². The van der Waals surface area contributed by atoms with Gasteiger partial charge in [-0.05, 0) is 30.7 Å². The molecule has 2 aromatic rings. The minimum absolute atomic E-state index is 0.491. The molecule has 0 spiro atoms. The van der Waals surface area contributed by atoms with Gasteiger partial charge in [0.25, 0.3) is 0 Å². The second-order valence-electron chi connectivity index (χ2n) is 3.07. The molecule has 14 heavy (non-hydrogen) atoms. The first-order valence-corrected chi connectivity index (χ1v) is 4.69. The van der Waals surface area contributed by atoms with Crippen molar-refractivity contribution >= 4 is 11.6 Å². The second-order valence-corrected chi connectivity index (χ2v) is 3.45. The SMILES string of the molecule is Cc1ccc(-c2cccc(Cl)n2)nc1. The van der Waals surface area contributed by atoms with Crippen LogP contribution in [0.25, 0.3) is 11.4 Å². The lowest BCUT2D eigenvalue weighted by Gasteiger charge is -2.00. The Kier molecular flexibility index (Phi) is 2.46. The highest BCUT2D eigenvalue weighted by Gasteiger charge is 2.00. The molecule has 3 heteroatoms. The Morgan fingerprint density at radius 1 is 1.07 bits per heavy atom. The summed E-state index contributed by atoms with van der Waals surface area (Å²) in [4.78, 5) is 8.44. The quantitative estimate of drug-likeness (QED) is 0.667. The molecule has 0 aliphatic carbocycles. The van der Waals surface area contributed by atoms with Crippen molar-refractivity contribution in [3.05, 3.63) is 47.2 Å². The van der Waals surface area contributed by atoms with E-state index in [4.69, 9.17) is 11.6 Å².